The van der Waals surface area contributed by atoms with E-state index in [0.717, 1.165) is 38.0 Å². The number of fused-ring (bicyclic) bond motifs is 7. The van der Waals surface area contributed by atoms with Gasteiger partial charge in [-0.05, 0) is 103 Å². The highest BCUT2D eigenvalue weighted by Gasteiger charge is 2.59. The predicted octanol–water partition coefficient (Wildman–Crippen LogP) is 2.69. The van der Waals surface area contributed by atoms with Crippen molar-refractivity contribution in [2.45, 2.75) is 90.8 Å². The number of esters is 3. The van der Waals surface area contributed by atoms with E-state index in [4.69, 9.17) is 4.74 Å². The summed E-state index contributed by atoms with van der Waals surface area (Å²) in [6, 6.07) is 0. The van der Waals surface area contributed by atoms with Crippen LogP contribution >= 0.6 is 0 Å². The van der Waals surface area contributed by atoms with Crippen LogP contribution in [0.25, 0.3) is 0 Å². The number of ether oxygens (including phenoxy) is 2. The normalized spacial score (nSPS) is 36.5. The molecule has 4 bridgehead atoms. The van der Waals surface area contributed by atoms with Crippen LogP contribution in [-0.4, -0.2) is 44.0 Å². The van der Waals surface area contributed by atoms with E-state index in [-0.39, 0.29) is 41.3 Å². The van der Waals surface area contributed by atoms with Crippen molar-refractivity contribution in [2.75, 3.05) is 0 Å². The fourth-order valence-electron chi connectivity index (χ4n) is 6.16. The van der Waals surface area contributed by atoms with Gasteiger partial charge in [0.25, 0.3) is 0 Å². The average Bonchev–Trinajstić information content (AvgIpc) is 3.59. The maximum absolute atomic E-state index is 12.0. The van der Waals surface area contributed by atoms with Crippen molar-refractivity contribution in [3.63, 3.8) is 0 Å². The molecule has 0 radical (unpaired) electrons. The quantitative estimate of drug-likeness (QED) is 0.362. The summed E-state index contributed by atoms with van der Waals surface area (Å²) in [5.41, 5.74) is -0.279. The van der Waals surface area contributed by atoms with Crippen LogP contribution in [0.3, 0.4) is 0 Å². The van der Waals surface area contributed by atoms with Crippen molar-refractivity contribution in [3.8, 4) is 0 Å². The van der Waals surface area contributed by atoms with Crippen molar-refractivity contribution in [2.24, 2.45) is 41.4 Å². The van der Waals surface area contributed by atoms with Gasteiger partial charge in [-0.15, -0.1) is 0 Å². The summed E-state index contributed by atoms with van der Waals surface area (Å²) in [4.78, 5) is 34.4. The molecule has 0 amide bonds. The summed E-state index contributed by atoms with van der Waals surface area (Å²) >= 11 is 0. The summed E-state index contributed by atoms with van der Waals surface area (Å²) in [5.74, 6) is 2.02. The maximum atomic E-state index is 12.0. The lowest BCUT2D eigenvalue weighted by Crippen LogP contribution is -2.32. The highest BCUT2D eigenvalue weighted by atomic mass is 28.1. The fraction of sp³-hybridized carbons (Fsp3) is 0.875. The Morgan fingerprint density at radius 3 is 1.84 bits per heavy atom. The molecule has 7 heteroatoms. The van der Waals surface area contributed by atoms with E-state index in [1.54, 1.807) is 0 Å². The second kappa shape index (κ2) is 11.3. The molecule has 1 heterocycles. The molecular weight excluding hydrogens is 424 g/mol. The summed E-state index contributed by atoms with van der Waals surface area (Å²) < 4.78 is 10.2. The fourth-order valence-corrected chi connectivity index (χ4v) is 6.16. The van der Waals surface area contributed by atoms with Gasteiger partial charge in [0.05, 0.1) is 17.8 Å². The Labute approximate surface area is 194 Å². The zero-order valence-electron chi connectivity index (χ0n) is 20.7. The lowest BCUT2D eigenvalue weighted by atomic mass is 9.81. The molecule has 1 saturated heterocycles. The number of carbonyl (C=O) groups excluding carboxylic acids is 3. The molecule has 5 fully saturated rings. The molecular formula is C24H44O5Si2. The first-order valence-corrected chi connectivity index (χ1v) is 16.8. The van der Waals surface area contributed by atoms with Gasteiger partial charge in [0.15, 0.2) is 0 Å². The van der Waals surface area contributed by atoms with E-state index < -0.39 is 0 Å². The van der Waals surface area contributed by atoms with Gasteiger partial charge < -0.3 is 9.47 Å². The zero-order chi connectivity index (χ0) is 23.3. The van der Waals surface area contributed by atoms with Gasteiger partial charge in [-0.1, -0.05) is 26.4 Å². The molecule has 178 valence electrons. The number of cyclic esters (lactones) is 2. The second-order valence-corrected chi connectivity index (χ2v) is 9.94. The van der Waals surface area contributed by atoms with Crippen molar-refractivity contribution < 1.29 is 23.9 Å². The van der Waals surface area contributed by atoms with Crippen LogP contribution < -0.4 is 0 Å². The first kappa shape index (κ1) is 26.3. The summed E-state index contributed by atoms with van der Waals surface area (Å²) in [5, 5.41) is 0. The van der Waals surface area contributed by atoms with Gasteiger partial charge in [-0.2, -0.15) is 0 Å². The van der Waals surface area contributed by atoms with Crippen LogP contribution in [-0.2, 0) is 23.9 Å². The van der Waals surface area contributed by atoms with Crippen molar-refractivity contribution in [3.05, 3.63) is 0 Å². The Hall–Kier alpha value is -0.956. The maximum Gasteiger partial charge on any atom is 0.317 e. The van der Waals surface area contributed by atoms with Crippen LogP contribution in [0.2, 0.25) is 13.1 Å². The molecule has 4 aliphatic carbocycles. The lowest BCUT2D eigenvalue weighted by Gasteiger charge is -2.28. The van der Waals surface area contributed by atoms with Crippen molar-refractivity contribution in [1.29, 1.82) is 0 Å². The first-order chi connectivity index (χ1) is 14.8. The summed E-state index contributed by atoms with van der Waals surface area (Å²) in [6.07, 6.45) is 9.15. The molecule has 5 nitrogen and oxygen atoms in total. The Balaban J connectivity index is 0.000000193. The smallest absolute Gasteiger partial charge is 0.317 e. The predicted molar refractivity (Wildman–Crippen MR) is 130 cm³/mol. The number of hydrogen-bond acceptors (Lipinski definition) is 5. The molecule has 0 N–H and O–H groups in total. The van der Waals surface area contributed by atoms with Gasteiger partial charge in [0.1, 0.15) is 5.60 Å². The number of rotatable bonds is 3. The molecule has 5 aliphatic rings. The van der Waals surface area contributed by atoms with Gasteiger partial charge in [-0.3, -0.25) is 14.4 Å². The number of hydrogen-bond donors (Lipinski definition) is 0. The monoisotopic (exact) mass is 468 g/mol. The molecule has 7 atom stereocenters. The molecule has 0 aromatic heterocycles. The Morgan fingerprint density at radius 1 is 0.903 bits per heavy atom. The van der Waals surface area contributed by atoms with E-state index in [1.165, 1.54) is 39.7 Å². The largest absolute Gasteiger partial charge is 0.459 e. The van der Waals surface area contributed by atoms with Crippen LogP contribution in [0.15, 0.2) is 0 Å². The van der Waals surface area contributed by atoms with Gasteiger partial charge >= 0.3 is 17.9 Å². The standard InChI is InChI=1S/C13H22O2.C9H10O3.2CH6Si/c1-4-13(2,3)15-12(14)11-8-9-5-6-10(11)7-9;10-8-6-4-1-2-5(3-4)7(6)9(11)12-8;2*1-2/h9-11H,4-8H2,1-3H3;4-7H,1-3H2;2*1-2H3. The second-order valence-electron chi connectivity index (χ2n) is 9.94. The molecule has 31 heavy (non-hydrogen) atoms. The van der Waals surface area contributed by atoms with Crippen LogP contribution in [0.4, 0.5) is 0 Å². The van der Waals surface area contributed by atoms with E-state index >= 15 is 0 Å². The molecule has 0 aromatic rings. The van der Waals surface area contributed by atoms with Gasteiger partial charge in [0, 0.05) is 0 Å². The third kappa shape index (κ3) is 5.70. The van der Waals surface area contributed by atoms with E-state index in [9.17, 15) is 14.4 Å². The van der Waals surface area contributed by atoms with E-state index in [2.05, 4.69) is 24.8 Å². The molecule has 0 aromatic carbocycles. The minimum Gasteiger partial charge on any atom is -0.459 e. The molecule has 0 spiro atoms. The molecule has 1 aliphatic heterocycles. The Morgan fingerprint density at radius 2 is 1.42 bits per heavy atom. The van der Waals surface area contributed by atoms with Crippen LogP contribution in [0.5, 0.6) is 0 Å². The lowest BCUT2D eigenvalue weighted by molar-refractivity contribution is -0.163. The topological polar surface area (TPSA) is 69.7 Å². The molecule has 7 unspecified atom stereocenters. The zero-order valence-corrected chi connectivity index (χ0v) is 24.7. The van der Waals surface area contributed by atoms with Gasteiger partial charge in [-0.25, -0.2) is 0 Å². The van der Waals surface area contributed by atoms with Crippen LogP contribution in [0.1, 0.15) is 72.1 Å². The molecule has 4 saturated carbocycles. The van der Waals surface area contributed by atoms with Crippen molar-refractivity contribution >= 4 is 38.4 Å². The van der Waals surface area contributed by atoms with Crippen LogP contribution in [0, 0.1) is 41.4 Å². The van der Waals surface area contributed by atoms with E-state index in [1.807, 2.05) is 13.8 Å². The third-order valence-corrected chi connectivity index (χ3v) is 7.93. The highest BCUT2D eigenvalue weighted by Crippen LogP contribution is 2.55. The van der Waals surface area contributed by atoms with Gasteiger partial charge in [0.2, 0.25) is 0 Å². The first-order valence-electron chi connectivity index (χ1n) is 12.8. The highest BCUT2D eigenvalue weighted by molar-refractivity contribution is 6.05. The average molecular weight is 469 g/mol. The Kier molecular flexibility index (Phi) is 9.55. The molecule has 5 rings (SSSR count). The number of carbonyl (C=O) groups is 3. The Bertz CT molecular complexity index is 624. The van der Waals surface area contributed by atoms with E-state index in [0.29, 0.717) is 17.8 Å². The SMILES string of the molecule is CCC(C)(C)OC(=O)C1CC2CCC1C2.C[SiH3].C[SiH3].O=C1OC(=O)C2C3CCC(C3)C12. The minimum absolute atomic E-state index is 0.0590. The minimum atomic E-state index is -0.279. The summed E-state index contributed by atoms with van der Waals surface area (Å²) in [7, 11) is 2.61. The summed E-state index contributed by atoms with van der Waals surface area (Å²) in [6.45, 7) is 10.3. The van der Waals surface area contributed by atoms with Crippen molar-refractivity contribution in [1.82, 2.24) is 0 Å². The third-order valence-electron chi connectivity index (χ3n) is 7.93.